The molecule has 0 spiro atoms. The highest BCUT2D eigenvalue weighted by Crippen LogP contribution is 2.47. The van der Waals surface area contributed by atoms with Gasteiger partial charge in [-0.25, -0.2) is 0 Å². The van der Waals surface area contributed by atoms with Gasteiger partial charge in [-0.2, -0.15) is 12.6 Å². The van der Waals surface area contributed by atoms with Gasteiger partial charge in [-0.3, -0.25) is 4.79 Å². The van der Waals surface area contributed by atoms with Gasteiger partial charge in [0, 0.05) is 23.5 Å². The average molecular weight is 379 g/mol. The zero-order valence-electron chi connectivity index (χ0n) is 13.5. The van der Waals surface area contributed by atoms with Gasteiger partial charge in [-0.1, -0.05) is 23.7 Å². The summed E-state index contributed by atoms with van der Waals surface area (Å²) in [7, 11) is 0. The number of carbonyl (C=O) groups is 1. The molecule has 0 radical (unpaired) electrons. The maximum absolute atomic E-state index is 11.9. The molecule has 6 heteroatoms. The van der Waals surface area contributed by atoms with Gasteiger partial charge in [0.25, 0.3) is 0 Å². The van der Waals surface area contributed by atoms with Crippen molar-refractivity contribution >= 4 is 30.2 Å². The van der Waals surface area contributed by atoms with E-state index in [-0.39, 0.29) is 0 Å². The third-order valence-corrected chi connectivity index (χ3v) is 5.62. The number of benzene rings is 2. The number of carboxylic acid groups (broad SMARTS) is 1. The van der Waals surface area contributed by atoms with E-state index in [0.717, 1.165) is 5.56 Å². The van der Waals surface area contributed by atoms with Crippen LogP contribution >= 0.6 is 24.2 Å². The Morgan fingerprint density at radius 1 is 1.08 bits per heavy atom. The Bertz CT molecular complexity index is 724. The van der Waals surface area contributed by atoms with Crippen molar-refractivity contribution in [2.24, 2.45) is 5.41 Å². The fraction of sp³-hybridized carbons (Fsp3) is 0.316. The Hall–Kier alpha value is -1.69. The van der Waals surface area contributed by atoms with Crippen molar-refractivity contribution in [3.63, 3.8) is 0 Å². The van der Waals surface area contributed by atoms with Gasteiger partial charge >= 0.3 is 5.97 Å². The van der Waals surface area contributed by atoms with Gasteiger partial charge in [0.15, 0.2) is 0 Å². The van der Waals surface area contributed by atoms with E-state index in [1.54, 1.807) is 24.3 Å². The first-order chi connectivity index (χ1) is 12.0. The number of aliphatic carboxylic acids is 1. The first kappa shape index (κ1) is 18.1. The molecule has 1 aliphatic rings. The second kappa shape index (κ2) is 7.68. The van der Waals surface area contributed by atoms with E-state index < -0.39 is 16.6 Å². The number of halogens is 1. The van der Waals surface area contributed by atoms with E-state index in [4.69, 9.17) is 21.1 Å². The minimum atomic E-state index is -0.903. The highest BCUT2D eigenvalue weighted by molar-refractivity contribution is 7.80. The van der Waals surface area contributed by atoms with Crippen LogP contribution in [0.25, 0.3) is 0 Å². The summed E-state index contributed by atoms with van der Waals surface area (Å²) in [5.74, 6) is 0.534. The summed E-state index contributed by atoms with van der Waals surface area (Å²) in [5, 5.41) is 10.00. The molecule has 3 rings (SSSR count). The zero-order valence-corrected chi connectivity index (χ0v) is 15.2. The third-order valence-electron chi connectivity index (χ3n) is 4.58. The van der Waals surface area contributed by atoms with Crippen LogP contribution < -0.4 is 4.74 Å². The van der Waals surface area contributed by atoms with Crippen molar-refractivity contribution in [2.45, 2.75) is 18.1 Å². The second-order valence-corrected chi connectivity index (χ2v) is 7.05. The summed E-state index contributed by atoms with van der Waals surface area (Å²) in [6, 6.07) is 14.5. The number of carboxylic acids is 1. The number of rotatable bonds is 5. The molecule has 1 unspecified atom stereocenters. The van der Waals surface area contributed by atoms with Crippen molar-refractivity contribution < 1.29 is 19.4 Å². The molecule has 0 bridgehead atoms. The Morgan fingerprint density at radius 2 is 1.60 bits per heavy atom. The number of hydrogen-bond acceptors (Lipinski definition) is 4. The molecule has 1 fully saturated rings. The fourth-order valence-corrected chi connectivity index (χ4v) is 3.68. The Morgan fingerprint density at radius 3 is 2.12 bits per heavy atom. The largest absolute Gasteiger partial charge is 0.481 e. The van der Waals surface area contributed by atoms with E-state index in [1.807, 2.05) is 24.3 Å². The maximum atomic E-state index is 11.9. The molecule has 2 aromatic rings. The predicted molar refractivity (Wildman–Crippen MR) is 99.8 cm³/mol. The molecule has 0 amide bonds. The lowest BCUT2D eigenvalue weighted by Crippen LogP contribution is -2.40. The molecular weight excluding hydrogens is 360 g/mol. The summed E-state index contributed by atoms with van der Waals surface area (Å²) in [5.41, 5.74) is -0.0454. The molecule has 0 aromatic heterocycles. The maximum Gasteiger partial charge on any atom is 0.311 e. The third kappa shape index (κ3) is 3.94. The summed E-state index contributed by atoms with van der Waals surface area (Å²) in [6.07, 6.45) is 0.916. The first-order valence-electron chi connectivity index (χ1n) is 8.04. The molecule has 0 saturated carbocycles. The van der Waals surface area contributed by atoms with Crippen molar-refractivity contribution in [1.82, 2.24) is 0 Å². The van der Waals surface area contributed by atoms with Gasteiger partial charge in [0.05, 0.1) is 5.41 Å². The lowest BCUT2D eigenvalue weighted by atomic mass is 9.74. The molecule has 132 valence electrons. The Labute approximate surface area is 157 Å². The molecule has 1 heterocycles. The van der Waals surface area contributed by atoms with Gasteiger partial charge in [-0.15, -0.1) is 0 Å². The first-order valence-corrected chi connectivity index (χ1v) is 8.93. The fourth-order valence-electron chi connectivity index (χ4n) is 3.02. The average Bonchev–Trinajstić information content (AvgIpc) is 2.64. The van der Waals surface area contributed by atoms with Crippen LogP contribution in [0.2, 0.25) is 5.02 Å². The molecule has 2 aromatic carbocycles. The number of thiol groups is 1. The lowest BCUT2D eigenvalue weighted by molar-refractivity contribution is -0.155. The normalized spacial score (nSPS) is 17.7. The SMILES string of the molecule is O=C(O)C1(C(S)c2ccc(Oc3ccc(Cl)cc3)cc2)CCOCC1. The lowest BCUT2D eigenvalue weighted by Gasteiger charge is -2.37. The van der Waals surface area contributed by atoms with E-state index >= 15 is 0 Å². The molecule has 1 saturated heterocycles. The molecule has 4 nitrogen and oxygen atoms in total. The summed E-state index contributed by atoms with van der Waals surface area (Å²) >= 11 is 10.5. The van der Waals surface area contributed by atoms with Crippen LogP contribution in [0.5, 0.6) is 11.5 Å². The topological polar surface area (TPSA) is 55.8 Å². The van der Waals surface area contributed by atoms with Gasteiger partial charge in [0.1, 0.15) is 11.5 Å². The Balaban J connectivity index is 1.76. The van der Waals surface area contributed by atoms with Crippen molar-refractivity contribution in [3.05, 3.63) is 59.1 Å². The van der Waals surface area contributed by atoms with Crippen LogP contribution in [0, 0.1) is 5.41 Å². The van der Waals surface area contributed by atoms with E-state index in [1.165, 1.54) is 0 Å². The highest BCUT2D eigenvalue weighted by Gasteiger charge is 2.46. The molecule has 1 atom stereocenters. The highest BCUT2D eigenvalue weighted by atomic mass is 35.5. The molecule has 25 heavy (non-hydrogen) atoms. The van der Waals surface area contributed by atoms with Crippen molar-refractivity contribution in [1.29, 1.82) is 0 Å². The van der Waals surface area contributed by atoms with Crippen LogP contribution in [0.3, 0.4) is 0 Å². The minimum Gasteiger partial charge on any atom is -0.481 e. The van der Waals surface area contributed by atoms with Crippen molar-refractivity contribution in [3.8, 4) is 11.5 Å². The van der Waals surface area contributed by atoms with Gasteiger partial charge < -0.3 is 14.6 Å². The summed E-state index contributed by atoms with van der Waals surface area (Å²) in [6.45, 7) is 0.891. The second-order valence-electron chi connectivity index (χ2n) is 6.10. The molecule has 1 aliphatic heterocycles. The molecule has 0 aliphatic carbocycles. The van der Waals surface area contributed by atoms with Crippen LogP contribution in [-0.2, 0) is 9.53 Å². The predicted octanol–water partition coefficient (Wildman–Crippen LogP) is 4.98. The van der Waals surface area contributed by atoms with Crippen LogP contribution in [0.1, 0.15) is 23.7 Å². The standard InChI is InChI=1S/C19H19ClO4S/c20-14-3-7-16(8-4-14)24-15-5-1-13(2-6-15)17(25)19(18(21)22)9-11-23-12-10-19/h1-8,17,25H,9-12H2,(H,21,22). The molecule has 1 N–H and O–H groups in total. The quantitative estimate of drug-likeness (QED) is 0.720. The van der Waals surface area contributed by atoms with Gasteiger partial charge in [0.2, 0.25) is 0 Å². The van der Waals surface area contributed by atoms with Crippen LogP contribution in [-0.4, -0.2) is 24.3 Å². The Kier molecular flexibility index (Phi) is 5.57. The number of ether oxygens (including phenoxy) is 2. The van der Waals surface area contributed by atoms with Crippen LogP contribution in [0.15, 0.2) is 48.5 Å². The summed E-state index contributed by atoms with van der Waals surface area (Å²) in [4.78, 5) is 11.9. The number of hydrogen-bond donors (Lipinski definition) is 2. The molecular formula is C19H19ClO4S. The van der Waals surface area contributed by atoms with Crippen molar-refractivity contribution in [2.75, 3.05) is 13.2 Å². The zero-order chi connectivity index (χ0) is 17.9. The van der Waals surface area contributed by atoms with Crippen LogP contribution in [0.4, 0.5) is 0 Å². The van der Waals surface area contributed by atoms with E-state index in [9.17, 15) is 9.90 Å². The minimum absolute atomic E-state index is 0.404. The monoisotopic (exact) mass is 378 g/mol. The summed E-state index contributed by atoms with van der Waals surface area (Å²) < 4.78 is 11.1. The van der Waals surface area contributed by atoms with E-state index in [0.29, 0.717) is 42.6 Å². The smallest absolute Gasteiger partial charge is 0.311 e. The van der Waals surface area contributed by atoms with Gasteiger partial charge in [-0.05, 0) is 54.8 Å². The van der Waals surface area contributed by atoms with E-state index in [2.05, 4.69) is 12.6 Å².